The van der Waals surface area contributed by atoms with Crippen LogP contribution in [0.2, 0.25) is 0 Å². The molecule has 24 heavy (non-hydrogen) atoms. The zero-order valence-corrected chi connectivity index (χ0v) is 13.2. The quantitative estimate of drug-likeness (QED) is 0.929. The van der Waals surface area contributed by atoms with Crippen LogP contribution in [0.25, 0.3) is 0 Å². The Balaban J connectivity index is 1.76. The first-order chi connectivity index (χ1) is 11.7. The van der Waals surface area contributed by atoms with Gasteiger partial charge in [0.2, 0.25) is 6.79 Å². The first-order valence-corrected chi connectivity index (χ1v) is 8.15. The molecule has 0 bridgehead atoms. The van der Waals surface area contributed by atoms with Gasteiger partial charge >= 0.3 is 5.97 Å². The monoisotopic (exact) mass is 329 g/mol. The third-order valence-corrected chi connectivity index (χ3v) is 4.69. The number of rotatable bonds is 4. The second-order valence-corrected chi connectivity index (χ2v) is 6.12. The summed E-state index contributed by atoms with van der Waals surface area (Å²) in [6.07, 6.45) is 4.18. The number of piperidine rings is 1. The summed E-state index contributed by atoms with van der Waals surface area (Å²) in [5.74, 6) is 1.35. The van der Waals surface area contributed by atoms with E-state index in [4.69, 9.17) is 13.9 Å². The molecule has 1 aromatic carbocycles. The lowest BCUT2D eigenvalue weighted by molar-refractivity contribution is -0.145. The Kier molecular flexibility index (Phi) is 3.90. The number of nitrogens with zero attached hydrogens (tertiary/aromatic N) is 1. The van der Waals surface area contributed by atoms with E-state index in [0.29, 0.717) is 17.9 Å². The van der Waals surface area contributed by atoms with E-state index in [1.807, 2.05) is 35.2 Å². The van der Waals surface area contributed by atoms with E-state index < -0.39 is 12.0 Å². The van der Waals surface area contributed by atoms with Crippen molar-refractivity contribution in [2.24, 2.45) is 0 Å². The minimum atomic E-state index is -0.785. The largest absolute Gasteiger partial charge is 0.480 e. The summed E-state index contributed by atoms with van der Waals surface area (Å²) in [6.45, 7) is 0.933. The number of aliphatic carboxylic acids is 1. The van der Waals surface area contributed by atoms with Crippen molar-refractivity contribution in [2.45, 2.75) is 31.3 Å². The first kappa shape index (κ1) is 15.1. The molecule has 0 spiro atoms. The van der Waals surface area contributed by atoms with Crippen molar-refractivity contribution in [3.63, 3.8) is 0 Å². The van der Waals surface area contributed by atoms with Gasteiger partial charge in [0.15, 0.2) is 11.5 Å². The van der Waals surface area contributed by atoms with Crippen molar-refractivity contribution in [2.75, 3.05) is 13.3 Å². The molecule has 4 rings (SSSR count). The summed E-state index contributed by atoms with van der Waals surface area (Å²) in [4.78, 5) is 13.8. The highest BCUT2D eigenvalue weighted by molar-refractivity contribution is 5.73. The summed E-state index contributed by atoms with van der Waals surface area (Å²) in [5.41, 5.74) is 0.947. The van der Waals surface area contributed by atoms with Crippen LogP contribution in [-0.4, -0.2) is 35.4 Å². The van der Waals surface area contributed by atoms with Crippen LogP contribution in [0, 0.1) is 0 Å². The second kappa shape index (κ2) is 6.20. The molecule has 0 saturated carbocycles. The molecule has 1 aromatic heterocycles. The topological polar surface area (TPSA) is 72.1 Å². The molecule has 2 aliphatic heterocycles. The zero-order chi connectivity index (χ0) is 16.5. The summed E-state index contributed by atoms with van der Waals surface area (Å²) in [7, 11) is 0. The maximum atomic E-state index is 11.7. The van der Waals surface area contributed by atoms with Gasteiger partial charge in [0.05, 0.1) is 12.3 Å². The summed E-state index contributed by atoms with van der Waals surface area (Å²) in [5, 5.41) is 9.64. The number of carboxylic acid groups (broad SMARTS) is 1. The van der Waals surface area contributed by atoms with Crippen LogP contribution in [0.15, 0.2) is 41.0 Å². The van der Waals surface area contributed by atoms with Crippen molar-refractivity contribution in [3.05, 3.63) is 47.9 Å². The molecule has 2 aromatic rings. The Morgan fingerprint density at radius 3 is 2.88 bits per heavy atom. The molecule has 2 aliphatic rings. The number of carbonyl (C=O) groups is 1. The van der Waals surface area contributed by atoms with Crippen molar-refractivity contribution in [1.82, 2.24) is 4.90 Å². The zero-order valence-electron chi connectivity index (χ0n) is 13.2. The van der Waals surface area contributed by atoms with E-state index >= 15 is 0 Å². The van der Waals surface area contributed by atoms with Crippen LogP contribution in [0.5, 0.6) is 11.5 Å². The fourth-order valence-corrected chi connectivity index (χ4v) is 3.58. The van der Waals surface area contributed by atoms with E-state index in [2.05, 4.69) is 0 Å². The molecule has 0 aliphatic carbocycles. The van der Waals surface area contributed by atoms with Gasteiger partial charge in [0, 0.05) is 6.54 Å². The van der Waals surface area contributed by atoms with Crippen LogP contribution >= 0.6 is 0 Å². The Hall–Kier alpha value is -2.47. The van der Waals surface area contributed by atoms with Crippen molar-refractivity contribution >= 4 is 5.97 Å². The van der Waals surface area contributed by atoms with Crippen molar-refractivity contribution < 1.29 is 23.8 Å². The molecule has 126 valence electrons. The third-order valence-electron chi connectivity index (χ3n) is 4.69. The lowest BCUT2D eigenvalue weighted by Crippen LogP contribution is -2.46. The molecule has 2 unspecified atom stereocenters. The van der Waals surface area contributed by atoms with E-state index in [1.165, 1.54) is 0 Å². The van der Waals surface area contributed by atoms with Gasteiger partial charge in [0.1, 0.15) is 11.8 Å². The van der Waals surface area contributed by atoms with Gasteiger partial charge in [-0.25, -0.2) is 0 Å². The Morgan fingerprint density at radius 1 is 1.21 bits per heavy atom. The SMILES string of the molecule is O=C(O)C1CCCCN1C(c1ccc2c(c1)OCO2)c1ccco1. The normalized spacial score (nSPS) is 21.6. The number of fused-ring (bicyclic) bond motifs is 1. The number of hydrogen-bond donors (Lipinski definition) is 1. The fourth-order valence-electron chi connectivity index (χ4n) is 3.58. The molecule has 3 heterocycles. The summed E-state index contributed by atoms with van der Waals surface area (Å²) in [6, 6.07) is 8.69. The molecule has 1 saturated heterocycles. The third kappa shape index (κ3) is 2.63. The fraction of sp³-hybridized carbons (Fsp3) is 0.389. The van der Waals surface area contributed by atoms with Gasteiger partial charge in [-0.05, 0) is 42.7 Å². The smallest absolute Gasteiger partial charge is 0.320 e. The molecule has 6 heteroatoms. The average Bonchev–Trinajstić information content (AvgIpc) is 3.26. The van der Waals surface area contributed by atoms with Crippen LogP contribution in [0.4, 0.5) is 0 Å². The highest BCUT2D eigenvalue weighted by Crippen LogP contribution is 2.39. The lowest BCUT2D eigenvalue weighted by atomic mass is 9.94. The molecule has 0 radical (unpaired) electrons. The van der Waals surface area contributed by atoms with E-state index in [9.17, 15) is 9.90 Å². The van der Waals surface area contributed by atoms with Crippen molar-refractivity contribution in [1.29, 1.82) is 0 Å². The minimum Gasteiger partial charge on any atom is -0.480 e. The molecule has 6 nitrogen and oxygen atoms in total. The van der Waals surface area contributed by atoms with Gasteiger partial charge in [-0.15, -0.1) is 0 Å². The van der Waals surface area contributed by atoms with Gasteiger partial charge in [0.25, 0.3) is 0 Å². The van der Waals surface area contributed by atoms with Gasteiger partial charge in [-0.1, -0.05) is 12.5 Å². The maximum Gasteiger partial charge on any atom is 0.320 e. The van der Waals surface area contributed by atoms with E-state index in [-0.39, 0.29) is 12.8 Å². The second-order valence-electron chi connectivity index (χ2n) is 6.12. The van der Waals surface area contributed by atoms with Gasteiger partial charge in [-0.3, -0.25) is 9.69 Å². The number of furan rings is 1. The van der Waals surface area contributed by atoms with Crippen LogP contribution in [0.1, 0.15) is 36.6 Å². The summed E-state index contributed by atoms with van der Waals surface area (Å²) < 4.78 is 16.5. The van der Waals surface area contributed by atoms with Crippen LogP contribution in [-0.2, 0) is 4.79 Å². The molecular formula is C18H19NO5. The minimum absolute atomic E-state index is 0.214. The van der Waals surface area contributed by atoms with Crippen LogP contribution < -0.4 is 9.47 Å². The number of benzene rings is 1. The molecule has 0 amide bonds. The van der Waals surface area contributed by atoms with E-state index in [0.717, 1.165) is 30.7 Å². The molecular weight excluding hydrogens is 310 g/mol. The Morgan fingerprint density at radius 2 is 2.08 bits per heavy atom. The average molecular weight is 329 g/mol. The van der Waals surface area contributed by atoms with Crippen LogP contribution in [0.3, 0.4) is 0 Å². The van der Waals surface area contributed by atoms with Gasteiger partial charge in [-0.2, -0.15) is 0 Å². The highest BCUT2D eigenvalue weighted by Gasteiger charge is 2.36. The van der Waals surface area contributed by atoms with Crippen molar-refractivity contribution in [3.8, 4) is 11.5 Å². The highest BCUT2D eigenvalue weighted by atomic mass is 16.7. The molecule has 1 fully saturated rings. The number of ether oxygens (including phenoxy) is 2. The molecule has 2 atom stereocenters. The van der Waals surface area contributed by atoms with E-state index in [1.54, 1.807) is 6.26 Å². The predicted octanol–water partition coefficient (Wildman–Crippen LogP) is 3.04. The standard InChI is InChI=1S/C18H19NO5/c20-18(21)13-4-1-2-8-19(13)17(15-5-3-9-22-15)12-6-7-14-16(10-12)24-11-23-14/h3,5-7,9-10,13,17H,1-2,4,8,11H2,(H,20,21). The Labute approximate surface area is 139 Å². The predicted molar refractivity (Wildman–Crippen MR) is 85.1 cm³/mol. The van der Waals surface area contributed by atoms with Gasteiger partial charge < -0.3 is 19.0 Å². The molecule has 1 N–H and O–H groups in total. The lowest BCUT2D eigenvalue weighted by Gasteiger charge is -2.38. The summed E-state index contributed by atoms with van der Waals surface area (Å²) >= 11 is 0. The number of likely N-dealkylation sites (tertiary alicyclic amines) is 1. The Bertz CT molecular complexity index is 727. The maximum absolute atomic E-state index is 11.7. The first-order valence-electron chi connectivity index (χ1n) is 8.15. The number of hydrogen-bond acceptors (Lipinski definition) is 5. The number of carboxylic acids is 1.